The van der Waals surface area contributed by atoms with Crippen molar-refractivity contribution in [1.29, 1.82) is 0 Å². The van der Waals surface area contributed by atoms with E-state index in [0.717, 1.165) is 17.1 Å². The summed E-state index contributed by atoms with van der Waals surface area (Å²) in [4.78, 5) is 4.45. The largest absolute Gasteiger partial charge is 0.448 e. The molecule has 0 spiro atoms. The molecular formula is C12H11ClN2O. The van der Waals surface area contributed by atoms with E-state index in [1.165, 1.54) is 12.8 Å². The van der Waals surface area contributed by atoms with Gasteiger partial charge in [-0.25, -0.2) is 4.98 Å². The van der Waals surface area contributed by atoms with E-state index in [0.29, 0.717) is 16.6 Å². The molecule has 0 bridgehead atoms. The third kappa shape index (κ3) is 1.67. The maximum absolute atomic E-state index is 5.86. The molecule has 1 heterocycles. The average molecular weight is 235 g/mol. The van der Waals surface area contributed by atoms with Crippen LogP contribution in [0.4, 0.5) is 5.69 Å². The predicted octanol–water partition coefficient (Wildman–Crippen LogP) is 3.45. The number of anilines is 1. The van der Waals surface area contributed by atoms with Crippen molar-refractivity contribution >= 4 is 17.3 Å². The predicted molar refractivity (Wildman–Crippen MR) is 63.3 cm³/mol. The highest BCUT2D eigenvalue weighted by Gasteiger charge is 2.28. The summed E-state index contributed by atoms with van der Waals surface area (Å²) in [7, 11) is 0. The standard InChI is InChI=1S/C12H11ClN2O/c13-9-4-3-8(5-10(9)14)11-6-16-12(15-11)7-1-2-7/h3-7H,1-2,14H2. The summed E-state index contributed by atoms with van der Waals surface area (Å²) in [5, 5.41) is 0.565. The highest BCUT2D eigenvalue weighted by atomic mass is 35.5. The second-order valence-corrected chi connectivity index (χ2v) is 4.49. The van der Waals surface area contributed by atoms with Crippen LogP contribution in [0.2, 0.25) is 5.02 Å². The van der Waals surface area contributed by atoms with Crippen molar-refractivity contribution in [2.75, 3.05) is 5.73 Å². The second kappa shape index (κ2) is 3.52. The lowest BCUT2D eigenvalue weighted by Gasteiger charge is -1.99. The topological polar surface area (TPSA) is 52.0 Å². The lowest BCUT2D eigenvalue weighted by molar-refractivity contribution is 0.497. The molecule has 1 fully saturated rings. The Morgan fingerprint density at radius 2 is 2.19 bits per heavy atom. The van der Waals surface area contributed by atoms with Gasteiger partial charge in [0.05, 0.1) is 10.7 Å². The monoisotopic (exact) mass is 234 g/mol. The van der Waals surface area contributed by atoms with Gasteiger partial charge in [-0.3, -0.25) is 0 Å². The van der Waals surface area contributed by atoms with E-state index in [-0.39, 0.29) is 0 Å². The molecule has 0 aliphatic heterocycles. The van der Waals surface area contributed by atoms with Crippen LogP contribution in [-0.4, -0.2) is 4.98 Å². The summed E-state index contributed by atoms with van der Waals surface area (Å²) in [6.45, 7) is 0. The molecule has 0 saturated heterocycles. The summed E-state index contributed by atoms with van der Waals surface area (Å²) in [6.07, 6.45) is 4.04. The fraction of sp³-hybridized carbons (Fsp3) is 0.250. The Kier molecular flexibility index (Phi) is 2.14. The van der Waals surface area contributed by atoms with Crippen LogP contribution in [-0.2, 0) is 0 Å². The number of oxazole rings is 1. The summed E-state index contributed by atoms with van der Waals surface area (Å²) in [5.41, 5.74) is 8.08. The Labute approximate surface area is 98.2 Å². The van der Waals surface area contributed by atoms with E-state index >= 15 is 0 Å². The maximum Gasteiger partial charge on any atom is 0.197 e. The summed E-state index contributed by atoms with van der Waals surface area (Å²) in [6, 6.07) is 5.49. The lowest BCUT2D eigenvalue weighted by Crippen LogP contribution is -1.87. The van der Waals surface area contributed by atoms with Crippen molar-refractivity contribution in [3.05, 3.63) is 35.4 Å². The fourth-order valence-electron chi connectivity index (χ4n) is 1.64. The minimum atomic E-state index is 0.526. The number of aromatic nitrogens is 1. The summed E-state index contributed by atoms with van der Waals surface area (Å²) >= 11 is 5.86. The Balaban J connectivity index is 1.97. The molecule has 1 aromatic carbocycles. The molecule has 16 heavy (non-hydrogen) atoms. The minimum absolute atomic E-state index is 0.526. The van der Waals surface area contributed by atoms with Crippen molar-refractivity contribution in [1.82, 2.24) is 4.98 Å². The Bertz CT molecular complexity index is 532. The van der Waals surface area contributed by atoms with Crippen LogP contribution in [0.1, 0.15) is 24.7 Å². The van der Waals surface area contributed by atoms with Gasteiger partial charge in [0.15, 0.2) is 5.89 Å². The first-order chi connectivity index (χ1) is 7.74. The molecule has 1 aromatic heterocycles. The first-order valence-corrected chi connectivity index (χ1v) is 5.62. The van der Waals surface area contributed by atoms with Gasteiger partial charge >= 0.3 is 0 Å². The highest BCUT2D eigenvalue weighted by molar-refractivity contribution is 6.33. The van der Waals surface area contributed by atoms with Crippen LogP contribution in [0.25, 0.3) is 11.3 Å². The molecule has 3 nitrogen and oxygen atoms in total. The number of rotatable bonds is 2. The number of hydrogen-bond acceptors (Lipinski definition) is 3. The van der Waals surface area contributed by atoms with Crippen LogP contribution in [0, 0.1) is 0 Å². The number of benzene rings is 1. The zero-order chi connectivity index (χ0) is 11.1. The second-order valence-electron chi connectivity index (χ2n) is 4.08. The lowest BCUT2D eigenvalue weighted by atomic mass is 10.1. The molecule has 0 atom stereocenters. The van der Waals surface area contributed by atoms with Gasteiger partial charge in [-0.1, -0.05) is 17.7 Å². The normalized spacial score (nSPS) is 15.3. The van der Waals surface area contributed by atoms with Crippen LogP contribution in [0.5, 0.6) is 0 Å². The van der Waals surface area contributed by atoms with E-state index in [9.17, 15) is 0 Å². The van der Waals surface area contributed by atoms with Gasteiger partial charge < -0.3 is 10.2 Å². The fourth-order valence-corrected chi connectivity index (χ4v) is 1.76. The number of nitrogens with two attached hydrogens (primary N) is 1. The molecule has 82 valence electrons. The average Bonchev–Trinajstić information content (AvgIpc) is 3.01. The van der Waals surface area contributed by atoms with Crippen molar-refractivity contribution in [3.8, 4) is 11.3 Å². The zero-order valence-corrected chi connectivity index (χ0v) is 9.37. The van der Waals surface area contributed by atoms with Crippen LogP contribution in [0.15, 0.2) is 28.9 Å². The molecule has 0 radical (unpaired) electrons. The minimum Gasteiger partial charge on any atom is -0.448 e. The Morgan fingerprint density at radius 3 is 2.88 bits per heavy atom. The first-order valence-electron chi connectivity index (χ1n) is 5.25. The van der Waals surface area contributed by atoms with Crippen molar-refractivity contribution in [2.45, 2.75) is 18.8 Å². The van der Waals surface area contributed by atoms with Gasteiger partial charge in [-0.2, -0.15) is 0 Å². The molecule has 2 N–H and O–H groups in total. The summed E-state index contributed by atoms with van der Waals surface area (Å²) in [5.74, 6) is 1.36. The number of nitrogens with zero attached hydrogens (tertiary/aromatic N) is 1. The first kappa shape index (κ1) is 9.73. The molecule has 1 aliphatic carbocycles. The van der Waals surface area contributed by atoms with E-state index < -0.39 is 0 Å². The molecule has 3 rings (SSSR count). The van der Waals surface area contributed by atoms with Gasteiger partial charge in [-0.05, 0) is 25.0 Å². The Hall–Kier alpha value is -1.48. The van der Waals surface area contributed by atoms with Crippen molar-refractivity contribution in [3.63, 3.8) is 0 Å². The van der Waals surface area contributed by atoms with Crippen LogP contribution < -0.4 is 5.73 Å². The van der Waals surface area contributed by atoms with Gasteiger partial charge in [0.25, 0.3) is 0 Å². The van der Waals surface area contributed by atoms with E-state index in [1.54, 1.807) is 12.3 Å². The molecule has 4 heteroatoms. The van der Waals surface area contributed by atoms with Crippen LogP contribution >= 0.6 is 11.6 Å². The molecule has 1 saturated carbocycles. The van der Waals surface area contributed by atoms with E-state index in [4.69, 9.17) is 21.8 Å². The van der Waals surface area contributed by atoms with Crippen molar-refractivity contribution in [2.24, 2.45) is 0 Å². The van der Waals surface area contributed by atoms with E-state index in [2.05, 4.69) is 4.98 Å². The SMILES string of the molecule is Nc1cc(-c2coc(C3CC3)n2)ccc1Cl. The smallest absolute Gasteiger partial charge is 0.197 e. The third-order valence-electron chi connectivity index (χ3n) is 2.74. The highest BCUT2D eigenvalue weighted by Crippen LogP contribution is 2.40. The number of nitrogen functional groups attached to an aromatic ring is 1. The van der Waals surface area contributed by atoms with E-state index in [1.807, 2.05) is 12.1 Å². The molecule has 2 aromatic rings. The van der Waals surface area contributed by atoms with Crippen molar-refractivity contribution < 1.29 is 4.42 Å². The van der Waals surface area contributed by atoms with Gasteiger partial charge in [0.1, 0.15) is 12.0 Å². The van der Waals surface area contributed by atoms with Gasteiger partial charge in [0, 0.05) is 11.5 Å². The van der Waals surface area contributed by atoms with Gasteiger partial charge in [-0.15, -0.1) is 0 Å². The number of hydrogen-bond donors (Lipinski definition) is 1. The number of halogens is 1. The molecule has 0 unspecified atom stereocenters. The molecule has 1 aliphatic rings. The quantitative estimate of drug-likeness (QED) is 0.810. The Morgan fingerprint density at radius 1 is 1.38 bits per heavy atom. The van der Waals surface area contributed by atoms with Gasteiger partial charge in [0.2, 0.25) is 0 Å². The zero-order valence-electron chi connectivity index (χ0n) is 8.61. The third-order valence-corrected chi connectivity index (χ3v) is 3.08. The summed E-state index contributed by atoms with van der Waals surface area (Å²) < 4.78 is 5.43. The maximum atomic E-state index is 5.86. The van der Waals surface area contributed by atoms with Crippen LogP contribution in [0.3, 0.4) is 0 Å². The molecular weight excluding hydrogens is 224 g/mol. The molecule has 0 amide bonds.